The van der Waals surface area contributed by atoms with Crippen LogP contribution in [0.5, 0.6) is 0 Å². The first-order valence-corrected chi connectivity index (χ1v) is 4.20. The first-order valence-electron chi connectivity index (χ1n) is 4.20. The maximum atomic E-state index is 13.1. The monoisotopic (exact) mass is 175 g/mol. The van der Waals surface area contributed by atoms with Crippen molar-refractivity contribution >= 4 is 10.9 Å². The van der Waals surface area contributed by atoms with Crippen LogP contribution in [0.25, 0.3) is 10.9 Å². The lowest BCUT2D eigenvalue weighted by molar-refractivity contribution is 0.620. The van der Waals surface area contributed by atoms with Crippen LogP contribution in [-0.4, -0.2) is 4.98 Å². The minimum atomic E-state index is -0.189. The quantitative estimate of drug-likeness (QED) is 0.599. The highest BCUT2D eigenvalue weighted by Crippen LogP contribution is 2.17. The maximum absolute atomic E-state index is 13.1. The number of rotatable bonds is 0. The summed E-state index contributed by atoms with van der Waals surface area (Å²) in [5.74, 6) is -0.189. The number of hydrogen-bond acceptors (Lipinski definition) is 1. The molecule has 1 heterocycles. The highest BCUT2D eigenvalue weighted by molar-refractivity contribution is 5.79. The molecule has 13 heavy (non-hydrogen) atoms. The molecule has 0 atom stereocenters. The van der Waals surface area contributed by atoms with Gasteiger partial charge in [0.25, 0.3) is 0 Å². The molecule has 0 amide bonds. The molecule has 0 aliphatic rings. The average molecular weight is 175 g/mol. The predicted molar refractivity (Wildman–Crippen MR) is 51.2 cm³/mol. The molecular formula is C11H10FN. The van der Waals surface area contributed by atoms with Crippen LogP contribution in [0.3, 0.4) is 0 Å². The predicted octanol–water partition coefficient (Wildman–Crippen LogP) is 2.99. The van der Waals surface area contributed by atoms with Gasteiger partial charge in [-0.05, 0) is 31.5 Å². The molecule has 2 rings (SSSR count). The third-order valence-electron chi connectivity index (χ3n) is 2.11. The fourth-order valence-corrected chi connectivity index (χ4v) is 1.36. The van der Waals surface area contributed by atoms with Crippen molar-refractivity contribution < 1.29 is 4.39 Å². The smallest absolute Gasteiger partial charge is 0.128 e. The second-order valence-electron chi connectivity index (χ2n) is 3.25. The second kappa shape index (κ2) is 2.80. The molecule has 2 heteroatoms. The van der Waals surface area contributed by atoms with Gasteiger partial charge in [-0.3, -0.25) is 4.98 Å². The van der Waals surface area contributed by atoms with Crippen molar-refractivity contribution in [1.29, 1.82) is 0 Å². The van der Waals surface area contributed by atoms with E-state index in [1.165, 1.54) is 6.07 Å². The number of aromatic nitrogens is 1. The zero-order valence-corrected chi connectivity index (χ0v) is 7.63. The maximum Gasteiger partial charge on any atom is 0.128 e. The van der Waals surface area contributed by atoms with Gasteiger partial charge in [-0.15, -0.1) is 0 Å². The molecule has 0 saturated heterocycles. The normalized spacial score (nSPS) is 10.7. The van der Waals surface area contributed by atoms with E-state index < -0.39 is 0 Å². The summed E-state index contributed by atoms with van der Waals surface area (Å²) in [5.41, 5.74) is 2.30. The minimum Gasteiger partial charge on any atom is -0.253 e. The number of nitrogens with zero attached hydrogens (tertiary/aromatic N) is 1. The van der Waals surface area contributed by atoms with Gasteiger partial charge in [0.15, 0.2) is 0 Å². The van der Waals surface area contributed by atoms with Gasteiger partial charge < -0.3 is 0 Å². The largest absolute Gasteiger partial charge is 0.253 e. The Labute approximate surface area is 76.2 Å². The summed E-state index contributed by atoms with van der Waals surface area (Å²) >= 11 is 0. The Morgan fingerprint density at radius 2 is 1.92 bits per heavy atom. The van der Waals surface area contributed by atoms with Crippen LogP contribution >= 0.6 is 0 Å². The molecule has 0 N–H and O–H groups in total. The van der Waals surface area contributed by atoms with Gasteiger partial charge >= 0.3 is 0 Å². The van der Waals surface area contributed by atoms with E-state index in [4.69, 9.17) is 0 Å². The number of benzene rings is 1. The Kier molecular flexibility index (Phi) is 1.76. The van der Waals surface area contributed by atoms with E-state index in [1.54, 1.807) is 6.92 Å². The Morgan fingerprint density at radius 3 is 2.69 bits per heavy atom. The molecule has 0 aliphatic heterocycles. The minimum absolute atomic E-state index is 0.189. The van der Waals surface area contributed by atoms with E-state index in [0.29, 0.717) is 5.56 Å². The molecule has 2 aromatic rings. The lowest BCUT2D eigenvalue weighted by Crippen LogP contribution is -1.87. The highest BCUT2D eigenvalue weighted by Gasteiger charge is 2.01. The molecule has 0 bridgehead atoms. The number of pyridine rings is 1. The summed E-state index contributed by atoms with van der Waals surface area (Å²) in [7, 11) is 0. The van der Waals surface area contributed by atoms with Gasteiger partial charge in [-0.25, -0.2) is 4.39 Å². The Hall–Kier alpha value is -1.44. The van der Waals surface area contributed by atoms with Crippen molar-refractivity contribution in [3.05, 3.63) is 41.3 Å². The molecular weight excluding hydrogens is 165 g/mol. The Bertz CT molecular complexity index is 463. The van der Waals surface area contributed by atoms with E-state index in [9.17, 15) is 4.39 Å². The van der Waals surface area contributed by atoms with Gasteiger partial charge in [0.1, 0.15) is 5.82 Å². The summed E-state index contributed by atoms with van der Waals surface area (Å²) in [6.07, 6.45) is 0. The molecule has 0 fully saturated rings. The molecule has 1 aromatic carbocycles. The first kappa shape index (κ1) is 8.17. The van der Waals surface area contributed by atoms with Crippen LogP contribution in [0.1, 0.15) is 11.3 Å². The number of fused-ring (bicyclic) bond motifs is 1. The van der Waals surface area contributed by atoms with Gasteiger partial charge in [0.05, 0.1) is 5.52 Å². The molecule has 0 aliphatic carbocycles. The molecule has 0 saturated carbocycles. The van der Waals surface area contributed by atoms with Crippen LogP contribution < -0.4 is 0 Å². The average Bonchev–Trinajstić information content (AvgIpc) is 2.08. The molecule has 1 nitrogen and oxygen atoms in total. The fraction of sp³-hybridized carbons (Fsp3) is 0.182. The van der Waals surface area contributed by atoms with Crippen LogP contribution in [0.15, 0.2) is 24.3 Å². The summed E-state index contributed by atoms with van der Waals surface area (Å²) in [6.45, 7) is 3.66. The zero-order valence-electron chi connectivity index (χ0n) is 7.63. The standard InChI is InChI=1S/C11H10FN/c1-7-5-9-4-3-8(2)13-11(9)6-10(7)12/h3-6H,1-2H3. The van der Waals surface area contributed by atoms with Gasteiger partial charge in [-0.1, -0.05) is 6.07 Å². The molecule has 0 radical (unpaired) electrons. The summed E-state index contributed by atoms with van der Waals surface area (Å²) in [4.78, 5) is 4.24. The van der Waals surface area contributed by atoms with E-state index in [2.05, 4.69) is 4.98 Å². The van der Waals surface area contributed by atoms with Crippen molar-refractivity contribution in [3.8, 4) is 0 Å². The first-order chi connectivity index (χ1) is 6.16. The number of halogens is 1. The lowest BCUT2D eigenvalue weighted by Gasteiger charge is -2.01. The number of aryl methyl sites for hydroxylation is 2. The third-order valence-corrected chi connectivity index (χ3v) is 2.11. The van der Waals surface area contributed by atoms with E-state index in [-0.39, 0.29) is 5.82 Å². The van der Waals surface area contributed by atoms with Gasteiger partial charge in [-0.2, -0.15) is 0 Å². The highest BCUT2D eigenvalue weighted by atomic mass is 19.1. The number of hydrogen-bond donors (Lipinski definition) is 0. The zero-order chi connectivity index (χ0) is 9.42. The molecule has 1 aromatic heterocycles. The molecule has 0 spiro atoms. The van der Waals surface area contributed by atoms with Crippen LogP contribution in [0.2, 0.25) is 0 Å². The lowest BCUT2D eigenvalue weighted by atomic mass is 10.1. The second-order valence-corrected chi connectivity index (χ2v) is 3.25. The summed E-state index contributed by atoms with van der Waals surface area (Å²) in [5, 5.41) is 0.990. The Balaban J connectivity index is 2.81. The third kappa shape index (κ3) is 1.39. The van der Waals surface area contributed by atoms with Crippen molar-refractivity contribution in [1.82, 2.24) is 4.98 Å². The topological polar surface area (TPSA) is 12.9 Å². The SMILES string of the molecule is Cc1ccc2cc(C)c(F)cc2n1. The van der Waals surface area contributed by atoms with Crippen LogP contribution in [0.4, 0.5) is 4.39 Å². The molecule has 0 unspecified atom stereocenters. The molecule has 66 valence electrons. The van der Waals surface area contributed by atoms with Crippen molar-refractivity contribution in [2.24, 2.45) is 0 Å². The van der Waals surface area contributed by atoms with Crippen LogP contribution in [-0.2, 0) is 0 Å². The van der Waals surface area contributed by atoms with E-state index >= 15 is 0 Å². The summed E-state index contributed by atoms with van der Waals surface area (Å²) < 4.78 is 13.1. The Morgan fingerprint density at radius 1 is 1.15 bits per heavy atom. The van der Waals surface area contributed by atoms with Crippen molar-refractivity contribution in [3.63, 3.8) is 0 Å². The van der Waals surface area contributed by atoms with Gasteiger partial charge in [0.2, 0.25) is 0 Å². The van der Waals surface area contributed by atoms with E-state index in [0.717, 1.165) is 16.6 Å². The summed E-state index contributed by atoms with van der Waals surface area (Å²) in [6, 6.07) is 7.19. The van der Waals surface area contributed by atoms with Crippen molar-refractivity contribution in [2.45, 2.75) is 13.8 Å². The van der Waals surface area contributed by atoms with E-state index in [1.807, 2.05) is 25.1 Å². The van der Waals surface area contributed by atoms with Gasteiger partial charge in [0, 0.05) is 17.1 Å². The fourth-order valence-electron chi connectivity index (χ4n) is 1.36. The van der Waals surface area contributed by atoms with Crippen molar-refractivity contribution in [2.75, 3.05) is 0 Å². The van der Waals surface area contributed by atoms with Crippen LogP contribution in [0, 0.1) is 19.7 Å².